The van der Waals surface area contributed by atoms with Crippen molar-refractivity contribution >= 4 is 11.6 Å². The maximum Gasteiger partial charge on any atom is 0.288 e. The van der Waals surface area contributed by atoms with Crippen molar-refractivity contribution in [2.24, 2.45) is 0 Å². The van der Waals surface area contributed by atoms with Gasteiger partial charge in [0.2, 0.25) is 5.60 Å². The standard InChI is InChI=1S/C19H20N2O3/c1-3-20-15-9-5-4-8-14(15)12-21(20)18(22)19(2)13-23-16-10-6-7-11-17(16)24-19/h4-11H,3,12-13H2,1-2H3. The van der Waals surface area contributed by atoms with E-state index < -0.39 is 5.60 Å². The Morgan fingerprint density at radius 2 is 1.83 bits per heavy atom. The van der Waals surface area contributed by atoms with Gasteiger partial charge in [0.25, 0.3) is 5.91 Å². The molecule has 1 unspecified atom stereocenters. The first-order valence-electron chi connectivity index (χ1n) is 8.20. The minimum Gasteiger partial charge on any atom is -0.485 e. The lowest BCUT2D eigenvalue weighted by atomic mass is 10.1. The molecule has 4 rings (SSSR count). The summed E-state index contributed by atoms with van der Waals surface area (Å²) in [6, 6.07) is 15.5. The number of fused-ring (bicyclic) bond motifs is 2. The van der Waals surface area contributed by atoms with Crippen molar-refractivity contribution in [1.29, 1.82) is 0 Å². The lowest BCUT2D eigenvalue weighted by Crippen LogP contribution is -2.58. The Morgan fingerprint density at radius 1 is 1.12 bits per heavy atom. The molecule has 5 nitrogen and oxygen atoms in total. The first-order chi connectivity index (χ1) is 11.6. The summed E-state index contributed by atoms with van der Waals surface area (Å²) in [6.07, 6.45) is 0. The number of hydrogen-bond donors (Lipinski definition) is 0. The van der Waals surface area contributed by atoms with Gasteiger partial charge in [-0.2, -0.15) is 0 Å². The molecule has 2 aliphatic rings. The molecule has 24 heavy (non-hydrogen) atoms. The van der Waals surface area contributed by atoms with Gasteiger partial charge in [-0.3, -0.25) is 9.80 Å². The van der Waals surface area contributed by atoms with Crippen LogP contribution in [-0.2, 0) is 11.3 Å². The number of carbonyl (C=O) groups excluding carboxylic acids is 1. The Morgan fingerprint density at radius 3 is 2.62 bits per heavy atom. The average Bonchev–Trinajstić information content (AvgIpc) is 2.99. The molecule has 0 saturated carbocycles. The fourth-order valence-corrected chi connectivity index (χ4v) is 3.32. The molecule has 0 spiro atoms. The lowest BCUT2D eigenvalue weighted by Gasteiger charge is -2.39. The zero-order chi connectivity index (χ0) is 16.7. The van der Waals surface area contributed by atoms with Gasteiger partial charge >= 0.3 is 0 Å². The fraction of sp³-hybridized carbons (Fsp3) is 0.316. The zero-order valence-electron chi connectivity index (χ0n) is 13.9. The maximum atomic E-state index is 13.2. The predicted molar refractivity (Wildman–Crippen MR) is 91.0 cm³/mol. The second-order valence-corrected chi connectivity index (χ2v) is 6.28. The molecule has 2 aromatic carbocycles. The van der Waals surface area contributed by atoms with Gasteiger partial charge in [0.15, 0.2) is 11.5 Å². The predicted octanol–water partition coefficient (Wildman–Crippen LogP) is 3.00. The van der Waals surface area contributed by atoms with Crippen LogP contribution in [0.1, 0.15) is 19.4 Å². The highest BCUT2D eigenvalue weighted by atomic mass is 16.6. The van der Waals surface area contributed by atoms with Crippen LogP contribution in [0.25, 0.3) is 0 Å². The van der Waals surface area contributed by atoms with Gasteiger partial charge in [0.1, 0.15) is 6.61 Å². The molecule has 5 heteroatoms. The van der Waals surface area contributed by atoms with E-state index in [4.69, 9.17) is 9.47 Å². The third-order valence-corrected chi connectivity index (χ3v) is 4.56. The van der Waals surface area contributed by atoms with Crippen LogP contribution in [-0.4, -0.2) is 29.7 Å². The number of hydrogen-bond acceptors (Lipinski definition) is 4. The van der Waals surface area contributed by atoms with E-state index in [2.05, 4.69) is 6.07 Å². The number of carbonyl (C=O) groups is 1. The summed E-state index contributed by atoms with van der Waals surface area (Å²) in [5.41, 5.74) is 1.19. The zero-order valence-corrected chi connectivity index (χ0v) is 13.9. The third kappa shape index (κ3) is 2.19. The Bertz CT molecular complexity index is 792. The van der Waals surface area contributed by atoms with Crippen LogP contribution in [0.3, 0.4) is 0 Å². The van der Waals surface area contributed by atoms with Crippen molar-refractivity contribution < 1.29 is 14.3 Å². The Balaban J connectivity index is 1.63. The molecule has 0 radical (unpaired) electrons. The highest BCUT2D eigenvalue weighted by Gasteiger charge is 2.46. The van der Waals surface area contributed by atoms with Crippen molar-refractivity contribution in [2.45, 2.75) is 26.0 Å². The average molecular weight is 324 g/mol. The van der Waals surface area contributed by atoms with Gasteiger partial charge in [0.05, 0.1) is 12.2 Å². The third-order valence-electron chi connectivity index (χ3n) is 4.56. The summed E-state index contributed by atoms with van der Waals surface area (Å²) in [7, 11) is 0. The number of rotatable bonds is 2. The number of hydrazine groups is 1. The molecule has 0 saturated heterocycles. The van der Waals surface area contributed by atoms with Crippen LogP contribution in [0.5, 0.6) is 11.5 Å². The molecular formula is C19H20N2O3. The molecule has 0 aliphatic carbocycles. The van der Waals surface area contributed by atoms with E-state index in [9.17, 15) is 4.79 Å². The SMILES string of the molecule is CCN1c2ccccc2CN1C(=O)C1(C)COc2ccccc2O1. The number of anilines is 1. The largest absolute Gasteiger partial charge is 0.485 e. The van der Waals surface area contributed by atoms with Crippen molar-refractivity contribution in [2.75, 3.05) is 18.2 Å². The molecule has 0 aromatic heterocycles. The van der Waals surface area contributed by atoms with E-state index in [1.807, 2.05) is 54.4 Å². The van der Waals surface area contributed by atoms with E-state index in [1.54, 1.807) is 11.9 Å². The highest BCUT2D eigenvalue weighted by molar-refractivity contribution is 5.88. The molecule has 124 valence electrons. The Kier molecular flexibility index (Phi) is 3.37. The molecule has 0 bridgehead atoms. The Labute approximate surface area is 141 Å². The van der Waals surface area contributed by atoms with Crippen molar-refractivity contribution in [1.82, 2.24) is 5.01 Å². The summed E-state index contributed by atoms with van der Waals surface area (Å²) < 4.78 is 11.8. The maximum absolute atomic E-state index is 13.2. The van der Waals surface area contributed by atoms with E-state index in [1.165, 1.54) is 0 Å². The van der Waals surface area contributed by atoms with Gasteiger partial charge < -0.3 is 9.47 Å². The van der Waals surface area contributed by atoms with Gasteiger partial charge in [0, 0.05) is 6.54 Å². The minimum absolute atomic E-state index is 0.0879. The molecule has 1 amide bonds. The first-order valence-corrected chi connectivity index (χ1v) is 8.20. The number of benzene rings is 2. The molecule has 0 N–H and O–H groups in total. The molecule has 0 fully saturated rings. The number of nitrogens with zero attached hydrogens (tertiary/aromatic N) is 2. The van der Waals surface area contributed by atoms with E-state index in [-0.39, 0.29) is 12.5 Å². The monoisotopic (exact) mass is 324 g/mol. The summed E-state index contributed by atoms with van der Waals surface area (Å²) in [5, 5.41) is 3.77. The van der Waals surface area contributed by atoms with Crippen LogP contribution in [0, 0.1) is 0 Å². The quantitative estimate of drug-likeness (QED) is 0.852. The van der Waals surface area contributed by atoms with Gasteiger partial charge in [-0.05, 0) is 37.6 Å². The fourth-order valence-electron chi connectivity index (χ4n) is 3.32. The topological polar surface area (TPSA) is 42.0 Å². The smallest absolute Gasteiger partial charge is 0.288 e. The summed E-state index contributed by atoms with van der Waals surface area (Å²) in [6.45, 7) is 5.31. The normalized spacial score (nSPS) is 21.6. The number of ether oxygens (including phenoxy) is 2. The minimum atomic E-state index is -1.04. The van der Waals surface area contributed by atoms with Gasteiger partial charge in [-0.1, -0.05) is 30.3 Å². The van der Waals surface area contributed by atoms with Crippen LogP contribution < -0.4 is 14.5 Å². The van der Waals surface area contributed by atoms with Crippen LogP contribution in [0.2, 0.25) is 0 Å². The summed E-state index contributed by atoms with van der Waals surface area (Å²) in [4.78, 5) is 13.2. The lowest BCUT2D eigenvalue weighted by molar-refractivity contribution is -0.152. The van der Waals surface area contributed by atoms with Gasteiger partial charge in [-0.15, -0.1) is 0 Å². The number of amides is 1. The molecule has 1 atom stereocenters. The second kappa shape index (κ2) is 5.44. The van der Waals surface area contributed by atoms with E-state index in [0.29, 0.717) is 18.0 Å². The summed E-state index contributed by atoms with van der Waals surface area (Å²) >= 11 is 0. The molecule has 2 aliphatic heterocycles. The van der Waals surface area contributed by atoms with Crippen LogP contribution in [0.4, 0.5) is 5.69 Å². The van der Waals surface area contributed by atoms with E-state index >= 15 is 0 Å². The number of para-hydroxylation sites is 3. The van der Waals surface area contributed by atoms with E-state index in [0.717, 1.165) is 17.8 Å². The first kappa shape index (κ1) is 14.9. The van der Waals surface area contributed by atoms with Gasteiger partial charge in [-0.25, -0.2) is 5.01 Å². The van der Waals surface area contributed by atoms with Crippen molar-refractivity contribution in [3.05, 3.63) is 54.1 Å². The Hall–Kier alpha value is -2.69. The van der Waals surface area contributed by atoms with Crippen LogP contribution in [0.15, 0.2) is 48.5 Å². The highest BCUT2D eigenvalue weighted by Crippen LogP contribution is 2.38. The van der Waals surface area contributed by atoms with Crippen molar-refractivity contribution in [3.8, 4) is 11.5 Å². The van der Waals surface area contributed by atoms with Crippen molar-refractivity contribution in [3.63, 3.8) is 0 Å². The van der Waals surface area contributed by atoms with Crippen LogP contribution >= 0.6 is 0 Å². The molecule has 2 heterocycles. The second-order valence-electron chi connectivity index (χ2n) is 6.28. The molecular weight excluding hydrogens is 304 g/mol. The summed E-state index contributed by atoms with van der Waals surface area (Å²) in [5.74, 6) is 1.20. The molecule has 2 aromatic rings.